The minimum Gasteiger partial charge on any atom is -0.379 e. The third-order valence-corrected chi connectivity index (χ3v) is 4.45. The normalized spacial score (nSPS) is 11.3. The van der Waals surface area contributed by atoms with Crippen LogP contribution in [0.25, 0.3) is 15.9 Å². The summed E-state index contributed by atoms with van der Waals surface area (Å²) in [6.07, 6.45) is 5.53. The molecule has 21 heavy (non-hydrogen) atoms. The first-order valence-corrected chi connectivity index (χ1v) is 8.01. The Balaban J connectivity index is 1.61. The number of hydrogen-bond acceptors (Lipinski definition) is 5. The molecule has 0 saturated heterocycles. The van der Waals surface area contributed by atoms with Crippen LogP contribution in [0.2, 0.25) is 0 Å². The van der Waals surface area contributed by atoms with Gasteiger partial charge in [0.2, 0.25) is 0 Å². The van der Waals surface area contributed by atoms with Crippen molar-refractivity contribution in [3.8, 4) is 0 Å². The van der Waals surface area contributed by atoms with E-state index in [2.05, 4.69) is 42.3 Å². The molecule has 104 valence electrons. The molecule has 0 radical (unpaired) electrons. The van der Waals surface area contributed by atoms with Crippen molar-refractivity contribution in [2.24, 2.45) is 0 Å². The summed E-state index contributed by atoms with van der Waals surface area (Å²) in [6.45, 7) is 0.696. The molecule has 0 aliphatic carbocycles. The summed E-state index contributed by atoms with van der Waals surface area (Å²) in [6, 6.07) is 6.19. The minimum absolute atomic E-state index is 0.696. The van der Waals surface area contributed by atoms with E-state index in [4.69, 9.17) is 0 Å². The highest BCUT2D eigenvalue weighted by molar-refractivity contribution is 9.10. The van der Waals surface area contributed by atoms with Gasteiger partial charge in [0.05, 0.1) is 40.4 Å². The maximum Gasteiger partial charge on any atom is 0.155 e. The number of nitrogens with zero attached hydrogens (tertiary/aromatic N) is 4. The second-order valence-electron chi connectivity index (χ2n) is 4.58. The zero-order chi connectivity index (χ0) is 14.2. The van der Waals surface area contributed by atoms with E-state index in [9.17, 15) is 0 Å². The largest absolute Gasteiger partial charge is 0.379 e. The quantitative estimate of drug-likeness (QED) is 0.605. The molecular formula is C14H10BrN5S. The van der Waals surface area contributed by atoms with Crippen molar-refractivity contribution in [2.45, 2.75) is 6.54 Å². The number of imidazole rings is 1. The maximum atomic E-state index is 4.35. The average molecular weight is 360 g/mol. The lowest BCUT2D eigenvalue weighted by Crippen LogP contribution is -2.02. The predicted molar refractivity (Wildman–Crippen MR) is 87.6 cm³/mol. The van der Waals surface area contributed by atoms with Gasteiger partial charge in [-0.25, -0.2) is 15.0 Å². The molecule has 4 aromatic rings. The number of hydrogen-bond donors (Lipinski definition) is 1. The molecule has 0 amide bonds. The zero-order valence-corrected chi connectivity index (χ0v) is 13.2. The molecule has 1 N–H and O–H groups in total. The van der Waals surface area contributed by atoms with Crippen LogP contribution in [-0.2, 0) is 6.54 Å². The van der Waals surface area contributed by atoms with Gasteiger partial charge in [-0.05, 0) is 34.1 Å². The number of benzene rings is 1. The Hall–Kier alpha value is -1.99. The third-order valence-electron chi connectivity index (χ3n) is 3.25. The van der Waals surface area contributed by atoms with Crippen LogP contribution in [0.1, 0.15) is 5.69 Å². The van der Waals surface area contributed by atoms with E-state index in [0.717, 1.165) is 27.1 Å². The highest BCUT2D eigenvalue weighted by Crippen LogP contribution is 2.22. The summed E-state index contributed by atoms with van der Waals surface area (Å²) < 4.78 is 4.00. The van der Waals surface area contributed by atoms with Crippen LogP contribution in [0.3, 0.4) is 0 Å². The lowest BCUT2D eigenvalue weighted by Gasteiger charge is -2.06. The van der Waals surface area contributed by atoms with Gasteiger partial charge in [-0.3, -0.25) is 4.40 Å². The molecule has 7 heteroatoms. The first-order valence-electron chi connectivity index (χ1n) is 6.34. The van der Waals surface area contributed by atoms with Crippen molar-refractivity contribution in [3.05, 3.63) is 52.6 Å². The Morgan fingerprint density at radius 2 is 2.14 bits per heavy atom. The van der Waals surface area contributed by atoms with E-state index in [1.807, 2.05) is 34.4 Å². The molecule has 0 spiro atoms. The predicted octanol–water partition coefficient (Wildman–Crippen LogP) is 3.71. The smallest absolute Gasteiger partial charge is 0.155 e. The molecule has 0 atom stereocenters. The monoisotopic (exact) mass is 359 g/mol. The molecule has 4 rings (SSSR count). The Labute approximate surface area is 132 Å². The van der Waals surface area contributed by atoms with E-state index in [1.165, 1.54) is 4.70 Å². The summed E-state index contributed by atoms with van der Waals surface area (Å²) in [5.41, 5.74) is 5.90. The lowest BCUT2D eigenvalue weighted by molar-refractivity contribution is 0.984. The van der Waals surface area contributed by atoms with Crippen molar-refractivity contribution in [1.82, 2.24) is 19.4 Å². The van der Waals surface area contributed by atoms with Crippen LogP contribution in [0.15, 0.2) is 46.9 Å². The number of halogens is 1. The fraction of sp³-hybridized carbons (Fsp3) is 0.0714. The van der Waals surface area contributed by atoms with E-state index in [1.54, 1.807) is 17.5 Å². The third kappa shape index (κ3) is 2.38. The van der Waals surface area contributed by atoms with Crippen LogP contribution in [0.5, 0.6) is 0 Å². The molecule has 0 aliphatic rings. The molecule has 0 fully saturated rings. The number of anilines is 1. The highest BCUT2D eigenvalue weighted by atomic mass is 79.9. The van der Waals surface area contributed by atoms with Gasteiger partial charge in [-0.1, -0.05) is 0 Å². The number of fused-ring (bicyclic) bond motifs is 2. The van der Waals surface area contributed by atoms with Gasteiger partial charge < -0.3 is 5.32 Å². The van der Waals surface area contributed by atoms with Crippen LogP contribution < -0.4 is 5.32 Å². The van der Waals surface area contributed by atoms with Gasteiger partial charge in [-0.15, -0.1) is 11.3 Å². The van der Waals surface area contributed by atoms with Gasteiger partial charge in [-0.2, -0.15) is 0 Å². The van der Waals surface area contributed by atoms with Crippen molar-refractivity contribution >= 4 is 48.8 Å². The van der Waals surface area contributed by atoms with E-state index >= 15 is 0 Å². The number of thiazole rings is 1. The Morgan fingerprint density at radius 1 is 1.19 bits per heavy atom. The molecule has 1 aromatic carbocycles. The van der Waals surface area contributed by atoms with Crippen molar-refractivity contribution in [2.75, 3.05) is 5.32 Å². The minimum atomic E-state index is 0.696. The molecule has 3 aromatic heterocycles. The topological polar surface area (TPSA) is 55.1 Å². The first-order chi connectivity index (χ1) is 10.3. The summed E-state index contributed by atoms with van der Waals surface area (Å²) in [4.78, 5) is 12.8. The summed E-state index contributed by atoms with van der Waals surface area (Å²) >= 11 is 5.03. The van der Waals surface area contributed by atoms with Gasteiger partial charge in [0.25, 0.3) is 0 Å². The van der Waals surface area contributed by atoms with Crippen molar-refractivity contribution in [3.63, 3.8) is 0 Å². The first kappa shape index (κ1) is 12.7. The lowest BCUT2D eigenvalue weighted by atomic mass is 10.3. The van der Waals surface area contributed by atoms with Gasteiger partial charge in [0.1, 0.15) is 4.60 Å². The molecule has 3 heterocycles. The van der Waals surface area contributed by atoms with Crippen molar-refractivity contribution < 1.29 is 0 Å². The van der Waals surface area contributed by atoms with Crippen LogP contribution in [0.4, 0.5) is 5.69 Å². The standard InChI is InChI=1S/C14H10BrN5S/c15-13-7-20-10(5-18-14(20)6-17-13)4-16-9-1-2-11-12(3-9)21-8-19-11/h1-3,5-8,16H,4H2. The molecule has 0 saturated carbocycles. The molecule has 5 nitrogen and oxygen atoms in total. The number of nitrogens with one attached hydrogen (secondary N) is 1. The van der Waals surface area contributed by atoms with Crippen LogP contribution >= 0.6 is 27.3 Å². The van der Waals surface area contributed by atoms with E-state index in [0.29, 0.717) is 6.54 Å². The second-order valence-corrected chi connectivity index (χ2v) is 6.28. The Kier molecular flexibility index (Phi) is 3.08. The number of aromatic nitrogens is 4. The Bertz CT molecular complexity index is 929. The molecular weight excluding hydrogens is 350 g/mol. The van der Waals surface area contributed by atoms with E-state index in [-0.39, 0.29) is 0 Å². The fourth-order valence-electron chi connectivity index (χ4n) is 2.20. The zero-order valence-electron chi connectivity index (χ0n) is 10.8. The summed E-state index contributed by atoms with van der Waals surface area (Å²) in [7, 11) is 0. The molecule has 0 unspecified atom stereocenters. The summed E-state index contributed by atoms with van der Waals surface area (Å²) in [5, 5.41) is 3.42. The average Bonchev–Trinajstić information content (AvgIpc) is 3.10. The SMILES string of the molecule is Brc1cn2c(CNc3ccc4ncsc4c3)cnc2cn1. The second kappa shape index (κ2) is 5.09. The van der Waals surface area contributed by atoms with E-state index < -0.39 is 0 Å². The molecule has 0 aliphatic heterocycles. The highest BCUT2D eigenvalue weighted by Gasteiger charge is 2.05. The maximum absolute atomic E-state index is 4.35. The number of rotatable bonds is 3. The van der Waals surface area contributed by atoms with Gasteiger partial charge in [0, 0.05) is 11.9 Å². The summed E-state index contributed by atoms with van der Waals surface area (Å²) in [5.74, 6) is 0. The Morgan fingerprint density at radius 3 is 3.10 bits per heavy atom. The van der Waals surface area contributed by atoms with Gasteiger partial charge >= 0.3 is 0 Å². The van der Waals surface area contributed by atoms with Crippen molar-refractivity contribution in [1.29, 1.82) is 0 Å². The van der Waals surface area contributed by atoms with Crippen LogP contribution in [-0.4, -0.2) is 19.4 Å². The van der Waals surface area contributed by atoms with Gasteiger partial charge in [0.15, 0.2) is 5.65 Å². The fourth-order valence-corrected chi connectivity index (χ4v) is 3.23. The molecule has 0 bridgehead atoms. The van der Waals surface area contributed by atoms with Crippen LogP contribution in [0, 0.1) is 0 Å².